The van der Waals surface area contributed by atoms with Crippen molar-refractivity contribution in [2.75, 3.05) is 0 Å². The molecule has 0 unspecified atom stereocenters. The molecule has 21 heavy (non-hydrogen) atoms. The summed E-state index contributed by atoms with van der Waals surface area (Å²) in [5, 5.41) is 22.6. The normalized spacial score (nSPS) is 17.3. The Hall–Kier alpha value is -1.69. The third-order valence-corrected chi connectivity index (χ3v) is 4.10. The van der Waals surface area contributed by atoms with Crippen molar-refractivity contribution in [3.63, 3.8) is 0 Å². The summed E-state index contributed by atoms with van der Waals surface area (Å²) in [5.41, 5.74) is 0.599. The maximum absolute atomic E-state index is 9.91. The second-order valence-corrected chi connectivity index (χ2v) is 6.44. The lowest BCUT2D eigenvalue weighted by molar-refractivity contribution is 0.0737. The molecule has 0 spiro atoms. The topological polar surface area (TPSA) is 68.8 Å². The molecule has 0 bridgehead atoms. The van der Waals surface area contributed by atoms with E-state index in [1.807, 2.05) is 6.07 Å². The molecule has 1 aliphatic rings. The largest absolute Gasteiger partial charge is 0.384 e. The molecule has 0 saturated heterocycles. The monoisotopic (exact) mass is 289 g/mol. The van der Waals surface area contributed by atoms with Gasteiger partial charge in [0.25, 0.3) is 0 Å². The molecule has 0 aromatic carbocycles. The quantitative estimate of drug-likeness (QED) is 0.937. The van der Waals surface area contributed by atoms with Crippen LogP contribution in [-0.4, -0.2) is 29.9 Å². The van der Waals surface area contributed by atoms with Gasteiger partial charge in [0.2, 0.25) is 0 Å². The Morgan fingerprint density at radius 2 is 2.05 bits per heavy atom. The third kappa shape index (κ3) is 3.32. The van der Waals surface area contributed by atoms with E-state index in [9.17, 15) is 5.11 Å². The van der Waals surface area contributed by atoms with Gasteiger partial charge in [-0.25, -0.2) is 4.68 Å². The molecule has 6 nitrogen and oxygen atoms in total. The van der Waals surface area contributed by atoms with Gasteiger partial charge in [0, 0.05) is 6.20 Å². The molecule has 0 atom stereocenters. The highest BCUT2D eigenvalue weighted by Crippen LogP contribution is 2.27. The zero-order valence-corrected chi connectivity index (χ0v) is 12.7. The van der Waals surface area contributed by atoms with Crippen LogP contribution >= 0.6 is 0 Å². The van der Waals surface area contributed by atoms with Gasteiger partial charge in [-0.1, -0.05) is 24.5 Å². The van der Waals surface area contributed by atoms with Crippen LogP contribution in [0, 0.1) is 0 Å². The van der Waals surface area contributed by atoms with Crippen LogP contribution in [0.4, 0.5) is 0 Å². The molecule has 1 aliphatic carbocycles. The van der Waals surface area contributed by atoms with Crippen LogP contribution in [0.25, 0.3) is 0 Å². The molecule has 0 amide bonds. The van der Waals surface area contributed by atoms with E-state index in [-0.39, 0.29) is 0 Å². The van der Waals surface area contributed by atoms with E-state index in [1.165, 1.54) is 32.1 Å². The Bertz CT molecular complexity index is 589. The number of aromatic nitrogens is 5. The molecule has 114 valence electrons. The Morgan fingerprint density at radius 3 is 2.71 bits per heavy atom. The fraction of sp³-hybridized carbons (Fsp3) is 0.667. The number of rotatable bonds is 4. The molecule has 1 saturated carbocycles. The molecule has 6 heteroatoms. The van der Waals surface area contributed by atoms with Crippen LogP contribution in [0.5, 0.6) is 0 Å². The van der Waals surface area contributed by atoms with E-state index in [0.29, 0.717) is 18.3 Å². The van der Waals surface area contributed by atoms with Crippen LogP contribution in [0.3, 0.4) is 0 Å². The van der Waals surface area contributed by atoms with Gasteiger partial charge < -0.3 is 5.11 Å². The molecule has 1 fully saturated rings. The van der Waals surface area contributed by atoms with Crippen molar-refractivity contribution in [3.8, 4) is 0 Å². The lowest BCUT2D eigenvalue weighted by Gasteiger charge is -2.21. The van der Waals surface area contributed by atoms with Gasteiger partial charge in [0.05, 0.1) is 24.5 Å². The van der Waals surface area contributed by atoms with Crippen molar-refractivity contribution in [2.24, 2.45) is 0 Å². The standard InChI is InChI=1S/C15H23N5O/c1-15(2,21)14-11-19(18-16-14)10-12-8-9-20(17-12)13-6-4-3-5-7-13/h8-9,11,13,21H,3-7,10H2,1-2H3. The fourth-order valence-electron chi connectivity index (χ4n) is 2.83. The van der Waals surface area contributed by atoms with E-state index >= 15 is 0 Å². The van der Waals surface area contributed by atoms with Crippen LogP contribution in [0.15, 0.2) is 18.5 Å². The molecular weight excluding hydrogens is 266 g/mol. The van der Waals surface area contributed by atoms with Crippen molar-refractivity contribution in [1.29, 1.82) is 0 Å². The second kappa shape index (κ2) is 5.60. The average Bonchev–Trinajstić information content (AvgIpc) is 3.09. The van der Waals surface area contributed by atoms with E-state index in [4.69, 9.17) is 0 Å². The zero-order valence-electron chi connectivity index (χ0n) is 12.7. The lowest BCUT2D eigenvalue weighted by Crippen LogP contribution is -2.16. The molecule has 3 rings (SSSR count). The predicted molar refractivity (Wildman–Crippen MR) is 78.7 cm³/mol. The first-order valence-electron chi connectivity index (χ1n) is 7.69. The summed E-state index contributed by atoms with van der Waals surface area (Å²) >= 11 is 0. The van der Waals surface area contributed by atoms with Gasteiger partial charge in [-0.2, -0.15) is 5.10 Å². The Morgan fingerprint density at radius 1 is 1.29 bits per heavy atom. The third-order valence-electron chi connectivity index (χ3n) is 4.10. The number of hydrogen-bond donors (Lipinski definition) is 1. The van der Waals surface area contributed by atoms with Gasteiger partial charge in [-0.3, -0.25) is 4.68 Å². The summed E-state index contributed by atoms with van der Waals surface area (Å²) < 4.78 is 3.82. The average molecular weight is 289 g/mol. The molecule has 2 heterocycles. The summed E-state index contributed by atoms with van der Waals surface area (Å²) in [6.45, 7) is 4.00. The van der Waals surface area contributed by atoms with Crippen LogP contribution in [0.1, 0.15) is 63.4 Å². The van der Waals surface area contributed by atoms with Crippen LogP contribution in [0.2, 0.25) is 0 Å². The minimum atomic E-state index is -0.959. The van der Waals surface area contributed by atoms with Gasteiger partial charge in [0.1, 0.15) is 11.3 Å². The van der Waals surface area contributed by atoms with E-state index < -0.39 is 5.60 Å². The van der Waals surface area contributed by atoms with Crippen molar-refractivity contribution in [3.05, 3.63) is 29.8 Å². The zero-order chi connectivity index (χ0) is 14.9. The highest BCUT2D eigenvalue weighted by molar-refractivity contribution is 5.05. The van der Waals surface area contributed by atoms with Crippen LogP contribution in [-0.2, 0) is 12.1 Å². The molecule has 0 aliphatic heterocycles. The van der Waals surface area contributed by atoms with Crippen molar-refractivity contribution >= 4 is 0 Å². The fourth-order valence-corrected chi connectivity index (χ4v) is 2.83. The first-order chi connectivity index (χ1) is 10.0. The molecule has 1 N–H and O–H groups in total. The minimum Gasteiger partial charge on any atom is -0.384 e. The van der Waals surface area contributed by atoms with Crippen molar-refractivity contribution < 1.29 is 5.11 Å². The minimum absolute atomic E-state index is 0.551. The van der Waals surface area contributed by atoms with Gasteiger partial charge >= 0.3 is 0 Å². The van der Waals surface area contributed by atoms with Gasteiger partial charge in [-0.15, -0.1) is 5.10 Å². The summed E-state index contributed by atoms with van der Waals surface area (Å²) in [5.74, 6) is 0. The smallest absolute Gasteiger partial charge is 0.114 e. The Balaban J connectivity index is 1.68. The lowest BCUT2D eigenvalue weighted by atomic mass is 9.96. The van der Waals surface area contributed by atoms with E-state index in [2.05, 4.69) is 26.3 Å². The molecule has 2 aromatic rings. The maximum atomic E-state index is 9.91. The Kier molecular flexibility index (Phi) is 3.80. The molecular formula is C15H23N5O. The van der Waals surface area contributed by atoms with E-state index in [0.717, 1.165) is 5.69 Å². The second-order valence-electron chi connectivity index (χ2n) is 6.44. The number of aliphatic hydroxyl groups is 1. The summed E-state index contributed by atoms with van der Waals surface area (Å²) in [4.78, 5) is 0. The highest BCUT2D eigenvalue weighted by atomic mass is 16.3. The van der Waals surface area contributed by atoms with Crippen molar-refractivity contribution in [1.82, 2.24) is 24.8 Å². The van der Waals surface area contributed by atoms with E-state index in [1.54, 1.807) is 24.7 Å². The number of hydrogen-bond acceptors (Lipinski definition) is 4. The highest BCUT2D eigenvalue weighted by Gasteiger charge is 2.20. The summed E-state index contributed by atoms with van der Waals surface area (Å²) in [6, 6.07) is 2.59. The van der Waals surface area contributed by atoms with Crippen molar-refractivity contribution in [2.45, 2.75) is 64.1 Å². The predicted octanol–water partition coefficient (Wildman–Crippen LogP) is 2.26. The van der Waals surface area contributed by atoms with Gasteiger partial charge in [0.15, 0.2) is 0 Å². The first-order valence-corrected chi connectivity index (χ1v) is 7.69. The molecule has 0 radical (unpaired) electrons. The van der Waals surface area contributed by atoms with Crippen LogP contribution < -0.4 is 0 Å². The first kappa shape index (κ1) is 14.3. The number of nitrogens with zero attached hydrogens (tertiary/aromatic N) is 5. The van der Waals surface area contributed by atoms with Gasteiger partial charge in [-0.05, 0) is 32.8 Å². The molecule has 2 aromatic heterocycles. The summed E-state index contributed by atoms with van der Waals surface area (Å²) in [7, 11) is 0. The summed E-state index contributed by atoms with van der Waals surface area (Å²) in [6.07, 6.45) is 10.3. The Labute approximate surface area is 124 Å². The SMILES string of the molecule is CC(C)(O)c1cn(Cc2ccn(C3CCCCC3)n2)nn1. The maximum Gasteiger partial charge on any atom is 0.114 e.